The summed E-state index contributed by atoms with van der Waals surface area (Å²) in [5, 5.41) is 36.6. The van der Waals surface area contributed by atoms with Crippen molar-refractivity contribution in [3.8, 4) is 0 Å². The van der Waals surface area contributed by atoms with Gasteiger partial charge >= 0.3 is 0 Å². The van der Waals surface area contributed by atoms with Crippen LogP contribution in [0.25, 0.3) is 0 Å². The number of hydrogen-bond donors (Lipinski definition) is 5. The number of ether oxygens (including phenoxy) is 2. The Kier molecular flexibility index (Phi) is 10.2. The summed E-state index contributed by atoms with van der Waals surface area (Å²) >= 11 is 13.5. The molecular weight excluding hydrogens is 479 g/mol. The highest BCUT2D eigenvalue weighted by Crippen LogP contribution is 2.34. The Balaban J connectivity index is 1.66. The van der Waals surface area contributed by atoms with E-state index in [9.17, 15) is 20.1 Å². The van der Waals surface area contributed by atoms with Crippen molar-refractivity contribution in [2.75, 3.05) is 25.3 Å². The smallest absolute Gasteiger partial charge is 0.240 e. The molecule has 3 rings (SSSR count). The fraction of sp³-hybridized carbons (Fsp3) is 0.952. The molecule has 0 bridgehead atoms. The van der Waals surface area contributed by atoms with Crippen molar-refractivity contribution in [1.82, 2.24) is 10.6 Å². The van der Waals surface area contributed by atoms with Gasteiger partial charge in [-0.25, -0.2) is 0 Å². The summed E-state index contributed by atoms with van der Waals surface area (Å²) in [6.07, 6.45) is 0.542. The fourth-order valence-corrected chi connectivity index (χ4v) is 6.14. The van der Waals surface area contributed by atoms with E-state index in [1.807, 2.05) is 0 Å². The molecule has 3 unspecified atom stereocenters. The maximum absolute atomic E-state index is 13.2. The molecule has 3 heterocycles. The highest BCUT2D eigenvalue weighted by atomic mass is 35.5. The Hall–Kier alpha value is 0.160. The summed E-state index contributed by atoms with van der Waals surface area (Å²) in [6.45, 7) is 3.00. The molecular formula is C21H36Cl2N2O6S. The number of fused-ring (bicyclic) bond motifs is 1. The van der Waals surface area contributed by atoms with Crippen LogP contribution in [0.2, 0.25) is 0 Å². The first-order valence-corrected chi connectivity index (χ1v) is 13.6. The lowest BCUT2D eigenvalue weighted by Gasteiger charge is -2.44. The minimum Gasteiger partial charge on any atom is -0.388 e. The number of aliphatic hydroxyl groups is 3. The standard InChI is InChI=1S/C21H36Cl2N2O6S/c1-10(23)13(19-16(27)15(26)17(28)21(31-19)32-2)25-20(29)14-18-12(9-24-14)8-11(4-3-6-22)5-7-30-18/h10-19,21,24,26-28H,3-9H2,1-2H3,(H,25,29)/t10-,11+,12-,13+,14-,15?,16?,17+,18+,19+,21?/m0/s1. The minimum atomic E-state index is -1.40. The molecule has 186 valence electrons. The van der Waals surface area contributed by atoms with E-state index >= 15 is 0 Å². The highest BCUT2D eigenvalue weighted by Gasteiger charge is 2.49. The van der Waals surface area contributed by atoms with Gasteiger partial charge in [-0.1, -0.05) is 0 Å². The zero-order valence-electron chi connectivity index (χ0n) is 18.5. The highest BCUT2D eigenvalue weighted by molar-refractivity contribution is 7.99. The maximum atomic E-state index is 13.2. The molecule has 0 aliphatic carbocycles. The summed E-state index contributed by atoms with van der Waals surface area (Å²) in [4.78, 5) is 13.2. The summed E-state index contributed by atoms with van der Waals surface area (Å²) in [6, 6.07) is -1.30. The van der Waals surface area contributed by atoms with Crippen LogP contribution in [0.3, 0.4) is 0 Å². The van der Waals surface area contributed by atoms with Crippen LogP contribution in [-0.2, 0) is 14.3 Å². The molecule has 0 spiro atoms. The fourth-order valence-electron chi connectivity index (χ4n) is 5.10. The van der Waals surface area contributed by atoms with E-state index < -0.39 is 47.3 Å². The average Bonchev–Trinajstić information content (AvgIpc) is 3.05. The van der Waals surface area contributed by atoms with Crippen LogP contribution in [0, 0.1) is 11.8 Å². The third kappa shape index (κ3) is 6.04. The van der Waals surface area contributed by atoms with Crippen molar-refractivity contribution in [3.05, 3.63) is 0 Å². The van der Waals surface area contributed by atoms with Gasteiger partial charge in [0.2, 0.25) is 5.91 Å². The molecule has 5 N–H and O–H groups in total. The summed E-state index contributed by atoms with van der Waals surface area (Å²) in [7, 11) is 0. The minimum absolute atomic E-state index is 0.231. The molecule has 0 aromatic rings. The lowest BCUT2D eigenvalue weighted by Crippen LogP contribution is -2.65. The first-order valence-electron chi connectivity index (χ1n) is 11.4. The van der Waals surface area contributed by atoms with E-state index in [2.05, 4.69) is 10.6 Å². The van der Waals surface area contributed by atoms with Gasteiger partial charge in [0.15, 0.2) is 0 Å². The average molecular weight is 516 g/mol. The van der Waals surface area contributed by atoms with Crippen molar-refractivity contribution in [2.24, 2.45) is 11.8 Å². The van der Waals surface area contributed by atoms with E-state index in [-0.39, 0.29) is 17.9 Å². The Morgan fingerprint density at radius 2 is 2.03 bits per heavy atom. The molecule has 0 saturated carbocycles. The molecule has 1 amide bonds. The topological polar surface area (TPSA) is 120 Å². The molecule has 3 fully saturated rings. The van der Waals surface area contributed by atoms with E-state index in [1.54, 1.807) is 13.2 Å². The quantitative estimate of drug-likeness (QED) is 0.300. The van der Waals surface area contributed by atoms with Gasteiger partial charge in [0.1, 0.15) is 35.9 Å². The molecule has 0 radical (unpaired) electrons. The van der Waals surface area contributed by atoms with Gasteiger partial charge in [-0.15, -0.1) is 35.0 Å². The van der Waals surface area contributed by atoms with Gasteiger partial charge in [-0.2, -0.15) is 0 Å². The van der Waals surface area contributed by atoms with Crippen LogP contribution >= 0.6 is 35.0 Å². The lowest BCUT2D eigenvalue weighted by molar-refractivity contribution is -0.205. The number of thioether (sulfide) groups is 1. The maximum Gasteiger partial charge on any atom is 0.240 e. The molecule has 11 heteroatoms. The van der Waals surface area contributed by atoms with Gasteiger partial charge < -0.3 is 35.4 Å². The molecule has 0 aromatic carbocycles. The van der Waals surface area contributed by atoms with Crippen LogP contribution in [0.1, 0.15) is 32.6 Å². The molecule has 11 atom stereocenters. The number of carbonyl (C=O) groups is 1. The molecule has 3 aliphatic rings. The van der Waals surface area contributed by atoms with Crippen LogP contribution in [0.4, 0.5) is 0 Å². The number of carbonyl (C=O) groups excluding carboxylic acids is 1. The third-order valence-electron chi connectivity index (χ3n) is 6.89. The summed E-state index contributed by atoms with van der Waals surface area (Å²) in [5.74, 6) is 1.18. The molecule has 8 nitrogen and oxygen atoms in total. The SMILES string of the molecule is CSC1O[C@H]([C@H](NC(=O)[C@H]2NC[C@@H]3C[C@H](CCCCl)CCO[C@H]32)[C@H](C)Cl)C(O)C(O)[C@H]1O. The van der Waals surface area contributed by atoms with Gasteiger partial charge in [0.05, 0.1) is 17.5 Å². The summed E-state index contributed by atoms with van der Waals surface area (Å²) in [5.41, 5.74) is -0.739. The predicted octanol–water partition coefficient (Wildman–Crippen LogP) is 0.671. The number of aliphatic hydroxyl groups excluding tert-OH is 3. The number of nitrogens with one attached hydrogen (secondary N) is 2. The Bertz CT molecular complexity index is 619. The van der Waals surface area contributed by atoms with E-state index in [0.29, 0.717) is 24.9 Å². The Morgan fingerprint density at radius 1 is 1.28 bits per heavy atom. The summed E-state index contributed by atoms with van der Waals surface area (Å²) < 4.78 is 11.9. The van der Waals surface area contributed by atoms with Crippen molar-refractivity contribution in [3.63, 3.8) is 0 Å². The van der Waals surface area contributed by atoms with Gasteiger partial charge in [-0.3, -0.25) is 4.79 Å². The van der Waals surface area contributed by atoms with Crippen molar-refractivity contribution < 1.29 is 29.6 Å². The second kappa shape index (κ2) is 12.2. The van der Waals surface area contributed by atoms with Gasteiger partial charge in [-0.05, 0) is 50.7 Å². The van der Waals surface area contributed by atoms with Crippen molar-refractivity contribution >= 4 is 40.9 Å². The van der Waals surface area contributed by atoms with Crippen molar-refractivity contribution in [1.29, 1.82) is 0 Å². The van der Waals surface area contributed by atoms with Gasteiger partial charge in [0.25, 0.3) is 0 Å². The molecule has 3 saturated heterocycles. The van der Waals surface area contributed by atoms with Crippen LogP contribution in [0.15, 0.2) is 0 Å². The van der Waals surface area contributed by atoms with E-state index in [1.165, 1.54) is 11.8 Å². The second-order valence-electron chi connectivity index (χ2n) is 9.09. The van der Waals surface area contributed by atoms with E-state index in [0.717, 1.165) is 25.7 Å². The first-order chi connectivity index (χ1) is 15.3. The Morgan fingerprint density at radius 3 is 2.69 bits per heavy atom. The van der Waals surface area contributed by atoms with Crippen LogP contribution in [-0.4, -0.2) is 99.9 Å². The Labute approximate surface area is 204 Å². The number of rotatable bonds is 8. The zero-order chi connectivity index (χ0) is 23.4. The third-order valence-corrected chi connectivity index (χ3v) is 8.28. The van der Waals surface area contributed by atoms with Crippen LogP contribution in [0.5, 0.6) is 0 Å². The van der Waals surface area contributed by atoms with Gasteiger partial charge in [0, 0.05) is 19.0 Å². The number of halogens is 2. The molecule has 0 aromatic heterocycles. The van der Waals surface area contributed by atoms with Crippen LogP contribution < -0.4 is 10.6 Å². The molecule has 3 aliphatic heterocycles. The van der Waals surface area contributed by atoms with E-state index in [4.69, 9.17) is 32.7 Å². The number of amides is 1. The predicted molar refractivity (Wildman–Crippen MR) is 125 cm³/mol. The normalized spacial score (nSPS) is 42.0. The number of alkyl halides is 2. The van der Waals surface area contributed by atoms with Crippen molar-refractivity contribution in [2.45, 2.75) is 86.0 Å². The molecule has 32 heavy (non-hydrogen) atoms. The first kappa shape index (κ1) is 26.8. The number of hydrogen-bond acceptors (Lipinski definition) is 8. The zero-order valence-corrected chi connectivity index (χ0v) is 20.9. The lowest BCUT2D eigenvalue weighted by atomic mass is 9.87. The largest absolute Gasteiger partial charge is 0.388 e. The second-order valence-corrected chi connectivity index (χ2v) is 11.1. The monoisotopic (exact) mass is 514 g/mol.